The Bertz CT molecular complexity index is 606. The van der Waals surface area contributed by atoms with Gasteiger partial charge in [0, 0.05) is 6.54 Å². The maximum absolute atomic E-state index is 11.9. The monoisotopic (exact) mass is 287 g/mol. The molecule has 1 amide bonds. The molecular formula is C16H17NO4. The first-order chi connectivity index (χ1) is 10.1. The number of carboxylic acid groups (broad SMARTS) is 1. The summed E-state index contributed by atoms with van der Waals surface area (Å²) in [5, 5.41) is 12.3. The van der Waals surface area contributed by atoms with Crippen molar-refractivity contribution in [3.05, 3.63) is 60.1 Å². The molecule has 0 saturated heterocycles. The van der Waals surface area contributed by atoms with E-state index in [0.29, 0.717) is 12.0 Å². The molecule has 1 aromatic carbocycles. The maximum Gasteiger partial charge on any atom is 0.315 e. The number of carbonyl (C=O) groups is 2. The van der Waals surface area contributed by atoms with E-state index in [1.165, 1.54) is 12.3 Å². The molecule has 110 valence electrons. The van der Waals surface area contributed by atoms with Gasteiger partial charge in [-0.25, -0.2) is 0 Å². The summed E-state index contributed by atoms with van der Waals surface area (Å²) < 4.78 is 5.00. The highest BCUT2D eigenvalue weighted by Gasteiger charge is 2.39. The summed E-state index contributed by atoms with van der Waals surface area (Å²) in [5.74, 6) is -1.22. The highest BCUT2D eigenvalue weighted by atomic mass is 16.4. The number of rotatable bonds is 6. The van der Waals surface area contributed by atoms with Gasteiger partial charge in [-0.05, 0) is 24.1 Å². The quantitative estimate of drug-likeness (QED) is 0.855. The van der Waals surface area contributed by atoms with Crippen LogP contribution >= 0.6 is 0 Å². The average molecular weight is 287 g/mol. The summed E-state index contributed by atoms with van der Waals surface area (Å²) in [6.45, 7) is 1.79. The van der Waals surface area contributed by atoms with Gasteiger partial charge in [-0.1, -0.05) is 37.3 Å². The second kappa shape index (κ2) is 6.26. The van der Waals surface area contributed by atoms with Gasteiger partial charge < -0.3 is 14.8 Å². The third-order valence-electron chi connectivity index (χ3n) is 3.64. The Morgan fingerprint density at radius 1 is 1.19 bits per heavy atom. The summed E-state index contributed by atoms with van der Waals surface area (Å²) in [6, 6.07) is 12.1. The van der Waals surface area contributed by atoms with Crippen LogP contribution in [0.5, 0.6) is 0 Å². The van der Waals surface area contributed by atoms with Crippen LogP contribution in [0.15, 0.2) is 53.1 Å². The molecule has 21 heavy (non-hydrogen) atoms. The molecule has 0 bridgehead atoms. The zero-order valence-corrected chi connectivity index (χ0v) is 11.7. The Balaban J connectivity index is 2.22. The van der Waals surface area contributed by atoms with Crippen LogP contribution < -0.4 is 5.32 Å². The molecule has 2 N–H and O–H groups in total. The number of hydrogen-bond donors (Lipinski definition) is 2. The van der Waals surface area contributed by atoms with E-state index >= 15 is 0 Å². The van der Waals surface area contributed by atoms with Gasteiger partial charge in [-0.15, -0.1) is 0 Å². The van der Waals surface area contributed by atoms with Crippen LogP contribution in [0, 0.1) is 0 Å². The van der Waals surface area contributed by atoms with Crippen molar-refractivity contribution in [2.45, 2.75) is 18.8 Å². The van der Waals surface area contributed by atoms with Crippen molar-refractivity contribution in [3.8, 4) is 0 Å². The summed E-state index contributed by atoms with van der Waals surface area (Å²) in [5.41, 5.74) is -0.483. The third kappa shape index (κ3) is 2.97. The zero-order valence-electron chi connectivity index (χ0n) is 11.7. The lowest BCUT2D eigenvalue weighted by molar-refractivity contribution is -0.143. The van der Waals surface area contributed by atoms with Crippen molar-refractivity contribution in [1.29, 1.82) is 0 Å². The number of nitrogens with one attached hydrogen (secondary N) is 1. The van der Waals surface area contributed by atoms with Crippen LogP contribution in [0.2, 0.25) is 0 Å². The Morgan fingerprint density at radius 3 is 2.43 bits per heavy atom. The Labute approximate surface area is 122 Å². The van der Waals surface area contributed by atoms with E-state index in [9.17, 15) is 14.7 Å². The zero-order chi connectivity index (χ0) is 15.3. The molecule has 0 spiro atoms. The van der Waals surface area contributed by atoms with Crippen molar-refractivity contribution in [3.63, 3.8) is 0 Å². The van der Waals surface area contributed by atoms with Crippen molar-refractivity contribution in [1.82, 2.24) is 5.32 Å². The molecule has 1 aromatic heterocycles. The summed E-state index contributed by atoms with van der Waals surface area (Å²) in [4.78, 5) is 23.7. The van der Waals surface area contributed by atoms with Gasteiger partial charge in [-0.2, -0.15) is 0 Å². The summed E-state index contributed by atoms with van der Waals surface area (Å²) >= 11 is 0. The molecular weight excluding hydrogens is 270 g/mol. The van der Waals surface area contributed by atoms with Gasteiger partial charge in [0.05, 0.1) is 6.26 Å². The van der Waals surface area contributed by atoms with Crippen molar-refractivity contribution >= 4 is 11.9 Å². The predicted molar refractivity (Wildman–Crippen MR) is 77.1 cm³/mol. The summed E-state index contributed by atoms with van der Waals surface area (Å²) in [7, 11) is 0. The molecule has 1 heterocycles. The minimum atomic E-state index is -1.15. The van der Waals surface area contributed by atoms with Crippen LogP contribution in [0.25, 0.3) is 0 Å². The lowest BCUT2D eigenvalue weighted by Crippen LogP contribution is -2.46. The molecule has 1 atom stereocenters. The van der Waals surface area contributed by atoms with Gasteiger partial charge in [0.25, 0.3) is 5.91 Å². The maximum atomic E-state index is 11.9. The number of hydrogen-bond acceptors (Lipinski definition) is 3. The van der Waals surface area contributed by atoms with Crippen molar-refractivity contribution in [2.75, 3.05) is 6.54 Å². The van der Waals surface area contributed by atoms with Crippen molar-refractivity contribution < 1.29 is 19.1 Å². The number of amides is 1. The Morgan fingerprint density at radius 2 is 1.90 bits per heavy atom. The van der Waals surface area contributed by atoms with Crippen LogP contribution in [-0.4, -0.2) is 23.5 Å². The number of furan rings is 1. The third-order valence-corrected chi connectivity index (χ3v) is 3.64. The van der Waals surface area contributed by atoms with E-state index < -0.39 is 17.3 Å². The number of aliphatic carboxylic acids is 1. The molecule has 0 radical (unpaired) electrons. The lowest BCUT2D eigenvalue weighted by atomic mass is 9.78. The van der Waals surface area contributed by atoms with Gasteiger partial charge in [0.15, 0.2) is 5.76 Å². The van der Waals surface area contributed by atoms with Gasteiger partial charge in [-0.3, -0.25) is 9.59 Å². The molecule has 1 unspecified atom stereocenters. The fourth-order valence-electron chi connectivity index (χ4n) is 2.26. The highest BCUT2D eigenvalue weighted by molar-refractivity contribution is 5.92. The highest BCUT2D eigenvalue weighted by Crippen LogP contribution is 2.28. The molecule has 0 fully saturated rings. The summed E-state index contributed by atoms with van der Waals surface area (Å²) in [6.07, 6.45) is 1.77. The van der Waals surface area contributed by atoms with E-state index in [-0.39, 0.29) is 12.3 Å². The molecule has 2 aromatic rings. The first-order valence-electron chi connectivity index (χ1n) is 6.71. The first-order valence-corrected chi connectivity index (χ1v) is 6.71. The molecule has 0 aliphatic carbocycles. The SMILES string of the molecule is CCC(CNC(=O)c1ccco1)(C(=O)O)c1ccccc1. The standard InChI is InChI=1S/C16H17NO4/c1-2-16(15(19)20,12-7-4-3-5-8-12)11-17-14(18)13-9-6-10-21-13/h3-10H,2,11H2,1H3,(H,17,18)(H,19,20). The van der Waals surface area contributed by atoms with Crippen LogP contribution in [0.4, 0.5) is 0 Å². The van der Waals surface area contributed by atoms with Gasteiger partial charge >= 0.3 is 5.97 Å². The lowest BCUT2D eigenvalue weighted by Gasteiger charge is -2.28. The van der Waals surface area contributed by atoms with E-state index in [1.54, 1.807) is 37.3 Å². The van der Waals surface area contributed by atoms with E-state index in [1.807, 2.05) is 6.07 Å². The molecule has 0 aliphatic rings. The van der Waals surface area contributed by atoms with Crippen LogP contribution in [0.3, 0.4) is 0 Å². The minimum Gasteiger partial charge on any atom is -0.481 e. The molecule has 5 nitrogen and oxygen atoms in total. The van der Waals surface area contributed by atoms with E-state index in [0.717, 1.165) is 0 Å². The Hall–Kier alpha value is -2.56. The predicted octanol–water partition coefficient (Wildman–Crippen LogP) is 2.44. The van der Waals surface area contributed by atoms with Crippen LogP contribution in [0.1, 0.15) is 29.5 Å². The molecule has 5 heteroatoms. The van der Waals surface area contributed by atoms with Crippen molar-refractivity contribution in [2.24, 2.45) is 0 Å². The minimum absolute atomic E-state index is 0.00236. The van der Waals surface area contributed by atoms with E-state index in [2.05, 4.69) is 5.32 Å². The fourth-order valence-corrected chi connectivity index (χ4v) is 2.26. The number of carbonyl (C=O) groups excluding carboxylic acids is 1. The number of carboxylic acids is 1. The van der Waals surface area contributed by atoms with Gasteiger partial charge in [0.1, 0.15) is 5.41 Å². The van der Waals surface area contributed by atoms with E-state index in [4.69, 9.17) is 4.42 Å². The average Bonchev–Trinajstić information content (AvgIpc) is 3.03. The molecule has 0 saturated carbocycles. The van der Waals surface area contributed by atoms with Crippen LogP contribution in [-0.2, 0) is 10.2 Å². The smallest absolute Gasteiger partial charge is 0.315 e. The number of benzene rings is 1. The normalized spacial score (nSPS) is 13.4. The first kappa shape index (κ1) is 14.8. The Kier molecular flexibility index (Phi) is 4.42. The second-order valence-electron chi connectivity index (χ2n) is 4.77. The largest absolute Gasteiger partial charge is 0.481 e. The van der Waals surface area contributed by atoms with Gasteiger partial charge in [0.2, 0.25) is 0 Å². The molecule has 0 aliphatic heterocycles. The topological polar surface area (TPSA) is 79.5 Å². The second-order valence-corrected chi connectivity index (χ2v) is 4.77. The molecule has 2 rings (SSSR count). The fraction of sp³-hybridized carbons (Fsp3) is 0.250.